The topological polar surface area (TPSA) is 80.7 Å². The molecular formula is C24H23N3O4. The molecule has 0 fully saturated rings. The summed E-state index contributed by atoms with van der Waals surface area (Å²) in [6.45, 7) is 2.54. The van der Waals surface area contributed by atoms with E-state index in [0.29, 0.717) is 29.5 Å². The second kappa shape index (κ2) is 9.21. The van der Waals surface area contributed by atoms with Gasteiger partial charge in [0.25, 0.3) is 0 Å². The number of furan rings is 1. The first kappa shape index (κ1) is 20.3. The zero-order valence-electron chi connectivity index (χ0n) is 17.4. The molecular weight excluding hydrogens is 394 g/mol. The normalized spacial score (nSPS) is 10.6. The predicted octanol–water partition coefficient (Wildman–Crippen LogP) is 5.49. The highest BCUT2D eigenvalue weighted by atomic mass is 16.5. The number of carbonyl (C=O) groups is 1. The summed E-state index contributed by atoms with van der Waals surface area (Å²) in [4.78, 5) is 14.6. The van der Waals surface area contributed by atoms with Crippen molar-refractivity contribution in [3.05, 3.63) is 90.0 Å². The molecule has 31 heavy (non-hydrogen) atoms. The van der Waals surface area contributed by atoms with Gasteiger partial charge in [0.15, 0.2) is 5.76 Å². The van der Waals surface area contributed by atoms with E-state index in [2.05, 4.69) is 10.5 Å². The highest BCUT2D eigenvalue weighted by molar-refractivity contribution is 5.89. The van der Waals surface area contributed by atoms with Crippen LogP contribution in [0.4, 0.5) is 10.5 Å². The Morgan fingerprint density at radius 1 is 1.06 bits per heavy atom. The molecule has 0 aliphatic rings. The van der Waals surface area contributed by atoms with Crippen molar-refractivity contribution in [2.75, 3.05) is 12.4 Å². The van der Waals surface area contributed by atoms with Crippen molar-refractivity contribution in [3.8, 4) is 17.1 Å². The molecule has 2 amide bonds. The molecule has 1 N–H and O–H groups in total. The van der Waals surface area contributed by atoms with Gasteiger partial charge in [-0.3, -0.25) is 0 Å². The molecule has 7 heteroatoms. The molecule has 0 spiro atoms. The maximum absolute atomic E-state index is 13.0. The molecule has 7 nitrogen and oxygen atoms in total. The van der Waals surface area contributed by atoms with Gasteiger partial charge in [-0.25, -0.2) is 4.79 Å². The Labute approximate surface area is 180 Å². The third kappa shape index (κ3) is 4.95. The van der Waals surface area contributed by atoms with Gasteiger partial charge < -0.3 is 23.9 Å². The number of aromatic nitrogens is 1. The number of hydrogen-bond donors (Lipinski definition) is 1. The quantitative estimate of drug-likeness (QED) is 0.430. The fourth-order valence-corrected chi connectivity index (χ4v) is 3.19. The number of nitrogens with one attached hydrogen (secondary N) is 1. The number of rotatable bonds is 7. The van der Waals surface area contributed by atoms with Gasteiger partial charge in [-0.05, 0) is 43.3 Å². The molecule has 2 heterocycles. The highest BCUT2D eigenvalue weighted by Crippen LogP contribution is 2.30. The number of urea groups is 1. The van der Waals surface area contributed by atoms with Crippen LogP contribution in [-0.4, -0.2) is 23.2 Å². The number of ether oxygens (including phenoxy) is 1. The standard InChI is InChI=1S/C24H23N3O4/c1-17-9-11-18(12-10-17)25-24(28)27(16-20-6-5-13-30-20)15-19-14-23(31-26-19)21-7-3-4-8-22(21)29-2/h3-14H,15-16H2,1-2H3,(H,25,28). The summed E-state index contributed by atoms with van der Waals surface area (Å²) in [6, 6.07) is 20.3. The van der Waals surface area contributed by atoms with E-state index in [4.69, 9.17) is 13.7 Å². The summed E-state index contributed by atoms with van der Waals surface area (Å²) in [5.74, 6) is 1.94. The van der Waals surface area contributed by atoms with Crippen molar-refractivity contribution in [1.82, 2.24) is 10.1 Å². The third-order valence-corrected chi connectivity index (χ3v) is 4.80. The third-order valence-electron chi connectivity index (χ3n) is 4.80. The molecule has 2 aromatic carbocycles. The fourth-order valence-electron chi connectivity index (χ4n) is 3.19. The number of aryl methyl sites for hydroxylation is 1. The lowest BCUT2D eigenvalue weighted by molar-refractivity contribution is 0.199. The zero-order chi connectivity index (χ0) is 21.6. The van der Waals surface area contributed by atoms with E-state index < -0.39 is 0 Å². The summed E-state index contributed by atoms with van der Waals surface area (Å²) in [5, 5.41) is 7.08. The van der Waals surface area contributed by atoms with Crippen LogP contribution >= 0.6 is 0 Å². The van der Waals surface area contributed by atoms with Crippen LogP contribution in [0.3, 0.4) is 0 Å². The van der Waals surface area contributed by atoms with Crippen LogP contribution in [0.15, 0.2) is 81.9 Å². The molecule has 0 saturated carbocycles. The number of carbonyl (C=O) groups excluding carboxylic acids is 1. The molecule has 0 unspecified atom stereocenters. The van der Waals surface area contributed by atoms with Crippen LogP contribution in [0.1, 0.15) is 17.0 Å². The summed E-state index contributed by atoms with van der Waals surface area (Å²) in [7, 11) is 1.61. The monoisotopic (exact) mass is 417 g/mol. The Kier molecular flexibility index (Phi) is 6.03. The Morgan fingerprint density at radius 3 is 2.61 bits per heavy atom. The Bertz CT molecular complexity index is 1130. The minimum atomic E-state index is -0.262. The van der Waals surface area contributed by atoms with Crippen LogP contribution in [0.25, 0.3) is 11.3 Å². The van der Waals surface area contributed by atoms with Crippen LogP contribution in [0.2, 0.25) is 0 Å². The van der Waals surface area contributed by atoms with Gasteiger partial charge in [-0.15, -0.1) is 0 Å². The number of methoxy groups -OCH3 is 1. The van der Waals surface area contributed by atoms with Crippen molar-refractivity contribution in [1.29, 1.82) is 0 Å². The van der Waals surface area contributed by atoms with Crippen molar-refractivity contribution in [2.24, 2.45) is 0 Å². The van der Waals surface area contributed by atoms with E-state index in [1.54, 1.807) is 24.3 Å². The maximum atomic E-state index is 13.0. The average Bonchev–Trinajstić information content (AvgIpc) is 3.47. The van der Waals surface area contributed by atoms with Gasteiger partial charge in [0.1, 0.15) is 17.2 Å². The zero-order valence-corrected chi connectivity index (χ0v) is 17.4. The van der Waals surface area contributed by atoms with Gasteiger partial charge in [0.05, 0.1) is 32.0 Å². The molecule has 0 aliphatic heterocycles. The van der Waals surface area contributed by atoms with E-state index in [9.17, 15) is 4.79 Å². The van der Waals surface area contributed by atoms with E-state index >= 15 is 0 Å². The first-order valence-electron chi connectivity index (χ1n) is 9.86. The Hall–Kier alpha value is -4.00. The number of hydrogen-bond acceptors (Lipinski definition) is 5. The van der Waals surface area contributed by atoms with Crippen LogP contribution < -0.4 is 10.1 Å². The maximum Gasteiger partial charge on any atom is 0.322 e. The van der Waals surface area contributed by atoms with Gasteiger partial charge in [0, 0.05) is 11.8 Å². The van der Waals surface area contributed by atoms with Crippen LogP contribution in [0.5, 0.6) is 5.75 Å². The molecule has 0 saturated heterocycles. The second-order valence-corrected chi connectivity index (χ2v) is 7.11. The predicted molar refractivity (Wildman–Crippen MR) is 117 cm³/mol. The van der Waals surface area contributed by atoms with E-state index in [1.165, 1.54) is 0 Å². The smallest absolute Gasteiger partial charge is 0.322 e. The fraction of sp³-hybridized carbons (Fsp3) is 0.167. The van der Waals surface area contributed by atoms with Crippen molar-refractivity contribution in [3.63, 3.8) is 0 Å². The van der Waals surface area contributed by atoms with Crippen molar-refractivity contribution in [2.45, 2.75) is 20.0 Å². The lowest BCUT2D eigenvalue weighted by Gasteiger charge is -2.21. The first-order chi connectivity index (χ1) is 15.1. The number of anilines is 1. The lowest BCUT2D eigenvalue weighted by atomic mass is 10.1. The van der Waals surface area contributed by atoms with E-state index in [-0.39, 0.29) is 12.6 Å². The number of amides is 2. The number of nitrogens with zero attached hydrogens (tertiary/aromatic N) is 2. The minimum Gasteiger partial charge on any atom is -0.496 e. The van der Waals surface area contributed by atoms with Crippen molar-refractivity contribution < 1.29 is 18.5 Å². The van der Waals surface area contributed by atoms with E-state index in [1.807, 2.05) is 67.6 Å². The van der Waals surface area contributed by atoms with Crippen LogP contribution in [0, 0.1) is 6.92 Å². The van der Waals surface area contributed by atoms with Crippen molar-refractivity contribution >= 4 is 11.7 Å². The molecule has 4 aromatic rings. The van der Waals surface area contributed by atoms with Gasteiger partial charge in [-0.2, -0.15) is 0 Å². The highest BCUT2D eigenvalue weighted by Gasteiger charge is 2.19. The largest absolute Gasteiger partial charge is 0.496 e. The van der Waals surface area contributed by atoms with E-state index in [0.717, 1.165) is 16.8 Å². The molecule has 0 radical (unpaired) electrons. The Morgan fingerprint density at radius 2 is 1.87 bits per heavy atom. The van der Waals surface area contributed by atoms with Gasteiger partial charge in [0.2, 0.25) is 0 Å². The van der Waals surface area contributed by atoms with Crippen LogP contribution in [-0.2, 0) is 13.1 Å². The first-order valence-corrected chi connectivity index (χ1v) is 9.86. The number of benzene rings is 2. The molecule has 4 rings (SSSR count). The molecule has 0 aliphatic carbocycles. The average molecular weight is 417 g/mol. The van der Waals surface area contributed by atoms with Gasteiger partial charge >= 0.3 is 6.03 Å². The van der Waals surface area contributed by atoms with Gasteiger partial charge in [-0.1, -0.05) is 35.0 Å². The second-order valence-electron chi connectivity index (χ2n) is 7.11. The molecule has 158 valence electrons. The minimum absolute atomic E-state index is 0.247. The summed E-state index contributed by atoms with van der Waals surface area (Å²) < 4.78 is 16.4. The summed E-state index contributed by atoms with van der Waals surface area (Å²) in [5.41, 5.74) is 3.25. The summed E-state index contributed by atoms with van der Waals surface area (Å²) >= 11 is 0. The summed E-state index contributed by atoms with van der Waals surface area (Å²) in [6.07, 6.45) is 1.58. The lowest BCUT2D eigenvalue weighted by Crippen LogP contribution is -2.34. The molecule has 2 aromatic heterocycles. The number of para-hydroxylation sites is 1. The SMILES string of the molecule is COc1ccccc1-c1cc(CN(Cc2ccco2)C(=O)Nc2ccc(C)cc2)no1. The Balaban J connectivity index is 1.54. The molecule has 0 atom stereocenters. The molecule has 0 bridgehead atoms.